The lowest BCUT2D eigenvalue weighted by atomic mass is 9.83. The number of aliphatic hydroxyl groups is 1. The highest BCUT2D eigenvalue weighted by Gasteiger charge is 2.29. The number of allylic oxidation sites excluding steroid dienone is 2. The molecule has 2 heteroatoms. The first-order chi connectivity index (χ1) is 7.08. The second-order valence-corrected chi connectivity index (χ2v) is 4.62. The summed E-state index contributed by atoms with van der Waals surface area (Å²) >= 11 is 5.75. The lowest BCUT2D eigenvalue weighted by Gasteiger charge is -2.30. The van der Waals surface area contributed by atoms with Crippen molar-refractivity contribution in [1.82, 2.24) is 0 Å². The molecule has 0 saturated heterocycles. The van der Waals surface area contributed by atoms with Crippen LogP contribution in [0.3, 0.4) is 0 Å². The van der Waals surface area contributed by atoms with E-state index in [1.54, 1.807) is 0 Å². The average molecular weight is 227 g/mol. The zero-order chi connectivity index (χ0) is 11.3. The quantitative estimate of drug-likeness (QED) is 0.561. The average Bonchev–Trinajstić information content (AvgIpc) is 2.18. The molecule has 0 spiro atoms. The van der Waals surface area contributed by atoms with Gasteiger partial charge in [-0.15, -0.1) is 18.2 Å². The molecule has 1 aliphatic carbocycles. The summed E-state index contributed by atoms with van der Waals surface area (Å²) in [4.78, 5) is 0. The van der Waals surface area contributed by atoms with Crippen LogP contribution in [0.2, 0.25) is 0 Å². The molecule has 0 aromatic carbocycles. The van der Waals surface area contributed by atoms with E-state index >= 15 is 0 Å². The molecule has 0 bridgehead atoms. The first kappa shape index (κ1) is 12.5. The highest BCUT2D eigenvalue weighted by molar-refractivity contribution is 6.17. The molecule has 1 atom stereocenters. The van der Waals surface area contributed by atoms with E-state index in [2.05, 4.69) is 18.7 Å². The summed E-state index contributed by atoms with van der Waals surface area (Å²) < 4.78 is 0. The third-order valence-electron chi connectivity index (χ3n) is 2.63. The molecule has 0 heterocycles. The van der Waals surface area contributed by atoms with Gasteiger partial charge in [0.2, 0.25) is 0 Å². The van der Waals surface area contributed by atoms with Crippen LogP contribution < -0.4 is 0 Å². The summed E-state index contributed by atoms with van der Waals surface area (Å²) in [6, 6.07) is 0. The van der Waals surface area contributed by atoms with E-state index in [-0.39, 0.29) is 0 Å². The fourth-order valence-corrected chi connectivity index (χ4v) is 2.26. The van der Waals surface area contributed by atoms with E-state index in [1.807, 2.05) is 13.0 Å². The Morgan fingerprint density at radius 3 is 2.80 bits per heavy atom. The van der Waals surface area contributed by atoms with Gasteiger partial charge in [-0.25, -0.2) is 0 Å². The zero-order valence-electron chi connectivity index (χ0n) is 9.30. The topological polar surface area (TPSA) is 20.2 Å². The van der Waals surface area contributed by atoms with Gasteiger partial charge in [-0.2, -0.15) is 0 Å². The standard InChI is InChI=1S/C13H19ClO/c1-11(2)10-13(15,8-9-14)12-6-4-3-5-7-12/h4,6-7,15H,1,3,5,8-10H2,2H3. The molecule has 1 aliphatic rings. The second kappa shape index (κ2) is 5.53. The van der Waals surface area contributed by atoms with Crippen LogP contribution in [0, 0.1) is 0 Å². The predicted octanol–water partition coefficient (Wildman–Crippen LogP) is 3.59. The van der Waals surface area contributed by atoms with Crippen LogP contribution in [-0.4, -0.2) is 16.6 Å². The monoisotopic (exact) mass is 226 g/mol. The minimum atomic E-state index is -0.815. The van der Waals surface area contributed by atoms with Crippen molar-refractivity contribution in [3.05, 3.63) is 36.0 Å². The van der Waals surface area contributed by atoms with Gasteiger partial charge in [0.1, 0.15) is 0 Å². The number of hydrogen-bond acceptors (Lipinski definition) is 1. The van der Waals surface area contributed by atoms with Crippen molar-refractivity contribution in [3.8, 4) is 0 Å². The summed E-state index contributed by atoms with van der Waals surface area (Å²) in [6.45, 7) is 5.80. The molecule has 1 unspecified atom stereocenters. The minimum absolute atomic E-state index is 0.467. The van der Waals surface area contributed by atoms with E-state index < -0.39 is 5.60 Å². The van der Waals surface area contributed by atoms with Gasteiger partial charge in [-0.1, -0.05) is 23.8 Å². The van der Waals surface area contributed by atoms with Crippen LogP contribution in [-0.2, 0) is 0 Å². The van der Waals surface area contributed by atoms with Crippen LogP contribution >= 0.6 is 11.6 Å². The van der Waals surface area contributed by atoms with E-state index in [1.165, 1.54) is 0 Å². The Balaban J connectivity index is 2.83. The molecule has 0 amide bonds. The van der Waals surface area contributed by atoms with E-state index in [4.69, 9.17) is 11.6 Å². The molecular formula is C13H19ClO. The van der Waals surface area contributed by atoms with Gasteiger partial charge in [-0.3, -0.25) is 0 Å². The summed E-state index contributed by atoms with van der Waals surface area (Å²) in [5, 5.41) is 10.5. The first-order valence-electron chi connectivity index (χ1n) is 5.38. The third-order valence-corrected chi connectivity index (χ3v) is 2.82. The van der Waals surface area contributed by atoms with Crippen molar-refractivity contribution < 1.29 is 5.11 Å². The second-order valence-electron chi connectivity index (χ2n) is 4.24. The Hall–Kier alpha value is -0.530. The molecule has 1 rings (SSSR count). The highest BCUT2D eigenvalue weighted by atomic mass is 35.5. The Morgan fingerprint density at radius 2 is 2.33 bits per heavy atom. The van der Waals surface area contributed by atoms with Gasteiger partial charge in [0.25, 0.3) is 0 Å². The zero-order valence-corrected chi connectivity index (χ0v) is 10.1. The molecule has 0 aromatic heterocycles. The van der Waals surface area contributed by atoms with Crippen LogP contribution in [0.15, 0.2) is 36.0 Å². The maximum atomic E-state index is 10.5. The molecule has 0 fully saturated rings. The first-order valence-corrected chi connectivity index (χ1v) is 5.92. The molecule has 0 aromatic rings. The normalized spacial score (nSPS) is 19.5. The van der Waals surface area contributed by atoms with Crippen LogP contribution in [0.4, 0.5) is 0 Å². The van der Waals surface area contributed by atoms with Gasteiger partial charge in [-0.05, 0) is 31.8 Å². The van der Waals surface area contributed by atoms with Crippen LogP contribution in [0.5, 0.6) is 0 Å². The lowest BCUT2D eigenvalue weighted by Crippen LogP contribution is -2.32. The Morgan fingerprint density at radius 1 is 1.60 bits per heavy atom. The fourth-order valence-electron chi connectivity index (χ4n) is 1.95. The SMILES string of the molecule is C=C(C)CC(O)(CCCl)C1=CCCC=C1. The minimum Gasteiger partial charge on any atom is -0.385 e. The van der Waals surface area contributed by atoms with Crippen molar-refractivity contribution in [2.75, 3.05) is 5.88 Å². The van der Waals surface area contributed by atoms with Gasteiger partial charge >= 0.3 is 0 Å². The van der Waals surface area contributed by atoms with Crippen LogP contribution in [0.25, 0.3) is 0 Å². The number of rotatable bonds is 5. The van der Waals surface area contributed by atoms with Crippen molar-refractivity contribution >= 4 is 11.6 Å². The highest BCUT2D eigenvalue weighted by Crippen LogP contribution is 2.31. The maximum Gasteiger partial charge on any atom is 0.0941 e. The summed E-state index contributed by atoms with van der Waals surface area (Å²) in [5.41, 5.74) is 1.17. The van der Waals surface area contributed by atoms with Crippen molar-refractivity contribution in [2.45, 2.75) is 38.2 Å². The molecule has 1 N–H and O–H groups in total. The Labute approximate surface area is 97.1 Å². The molecule has 0 aliphatic heterocycles. The largest absolute Gasteiger partial charge is 0.385 e. The Bertz CT molecular complexity index is 291. The summed E-state index contributed by atoms with van der Waals surface area (Å²) in [5.74, 6) is 0.467. The fraction of sp³-hybridized carbons (Fsp3) is 0.538. The number of hydrogen-bond donors (Lipinski definition) is 1. The van der Waals surface area contributed by atoms with Crippen molar-refractivity contribution in [2.24, 2.45) is 0 Å². The summed E-state index contributed by atoms with van der Waals surface area (Å²) in [6.07, 6.45) is 9.47. The smallest absolute Gasteiger partial charge is 0.0941 e. The van der Waals surface area contributed by atoms with Gasteiger partial charge in [0.05, 0.1) is 5.60 Å². The van der Waals surface area contributed by atoms with E-state index in [0.29, 0.717) is 18.7 Å². The molecular weight excluding hydrogens is 208 g/mol. The maximum absolute atomic E-state index is 10.5. The van der Waals surface area contributed by atoms with Crippen molar-refractivity contribution in [1.29, 1.82) is 0 Å². The van der Waals surface area contributed by atoms with E-state index in [0.717, 1.165) is 24.0 Å². The molecule has 84 valence electrons. The predicted molar refractivity (Wildman–Crippen MR) is 66.2 cm³/mol. The van der Waals surface area contributed by atoms with Crippen LogP contribution in [0.1, 0.15) is 32.6 Å². The van der Waals surface area contributed by atoms with E-state index in [9.17, 15) is 5.11 Å². The molecule has 15 heavy (non-hydrogen) atoms. The van der Waals surface area contributed by atoms with Gasteiger partial charge in [0.15, 0.2) is 0 Å². The third kappa shape index (κ3) is 3.51. The molecule has 1 nitrogen and oxygen atoms in total. The van der Waals surface area contributed by atoms with Gasteiger partial charge < -0.3 is 5.11 Å². The Kier molecular flexibility index (Phi) is 4.62. The van der Waals surface area contributed by atoms with Crippen molar-refractivity contribution in [3.63, 3.8) is 0 Å². The number of alkyl halides is 1. The lowest BCUT2D eigenvalue weighted by molar-refractivity contribution is 0.0786. The summed E-state index contributed by atoms with van der Waals surface area (Å²) in [7, 11) is 0. The molecule has 0 radical (unpaired) electrons. The van der Waals surface area contributed by atoms with Gasteiger partial charge in [0, 0.05) is 12.3 Å². The number of halogens is 1. The molecule has 0 saturated carbocycles.